The minimum absolute atomic E-state index is 1.23. The zero-order chi connectivity index (χ0) is 14.8. The minimum atomic E-state index is 1.23. The third-order valence-electron chi connectivity index (χ3n) is 4.54. The first-order valence-corrected chi connectivity index (χ1v) is 8.71. The van der Waals surface area contributed by atoms with E-state index in [1.165, 1.54) is 47.3 Å². The number of rotatable bonds is 0. The summed E-state index contributed by atoms with van der Waals surface area (Å²) in [5.41, 5.74) is 2.61. The van der Waals surface area contributed by atoms with Crippen LogP contribution in [0.5, 0.6) is 0 Å². The van der Waals surface area contributed by atoms with Crippen molar-refractivity contribution in [3.63, 3.8) is 0 Å². The molecule has 0 bridgehead atoms. The molecule has 2 aromatic heterocycles. The van der Waals surface area contributed by atoms with Gasteiger partial charge in [0.15, 0.2) is 0 Å². The Morgan fingerprint density at radius 1 is 0.864 bits per heavy atom. The van der Waals surface area contributed by atoms with Crippen molar-refractivity contribution < 1.29 is 0 Å². The quantitative estimate of drug-likeness (QED) is 0.346. The standard InChI is InChI=1S/C19H14NPS/c1-20-15-9-8-13-12-4-2-3-5-17(12)22-19(13)18(15)14-7-6-11(21)10-16(14)20/h2-10H,21H2,1H3. The van der Waals surface area contributed by atoms with Gasteiger partial charge < -0.3 is 4.57 Å². The Bertz CT molecular complexity index is 1200. The Balaban J connectivity index is 2.12. The zero-order valence-electron chi connectivity index (χ0n) is 12.1. The van der Waals surface area contributed by atoms with E-state index in [4.69, 9.17) is 0 Å². The van der Waals surface area contributed by atoms with Gasteiger partial charge in [-0.15, -0.1) is 20.6 Å². The number of hydrogen-bond acceptors (Lipinski definition) is 1. The molecule has 1 unspecified atom stereocenters. The van der Waals surface area contributed by atoms with E-state index in [0.29, 0.717) is 0 Å². The van der Waals surface area contributed by atoms with Crippen LogP contribution in [0.15, 0.2) is 54.6 Å². The van der Waals surface area contributed by atoms with Gasteiger partial charge >= 0.3 is 0 Å². The maximum atomic E-state index is 2.80. The molecule has 0 aliphatic heterocycles. The average Bonchev–Trinajstić information content (AvgIpc) is 3.04. The molecule has 3 heteroatoms. The Morgan fingerprint density at radius 2 is 1.68 bits per heavy atom. The lowest BCUT2D eigenvalue weighted by Gasteiger charge is -1.98. The summed E-state index contributed by atoms with van der Waals surface area (Å²) in [7, 11) is 4.96. The molecule has 0 fully saturated rings. The van der Waals surface area contributed by atoms with Crippen LogP contribution in [-0.2, 0) is 7.05 Å². The van der Waals surface area contributed by atoms with Crippen molar-refractivity contribution >= 4 is 67.9 Å². The third kappa shape index (κ3) is 1.52. The molecule has 5 rings (SSSR count). The maximum absolute atomic E-state index is 2.80. The lowest BCUT2D eigenvalue weighted by molar-refractivity contribution is 1.02. The summed E-state index contributed by atoms with van der Waals surface area (Å²) in [6.07, 6.45) is 0. The maximum Gasteiger partial charge on any atom is 0.0503 e. The van der Waals surface area contributed by atoms with Crippen LogP contribution in [0.1, 0.15) is 0 Å². The minimum Gasteiger partial charge on any atom is -0.344 e. The van der Waals surface area contributed by atoms with Gasteiger partial charge in [-0.25, -0.2) is 0 Å². The molecule has 0 amide bonds. The molecule has 0 saturated heterocycles. The van der Waals surface area contributed by atoms with Crippen LogP contribution in [-0.4, -0.2) is 4.57 Å². The fourth-order valence-corrected chi connectivity index (χ4v) is 5.00. The normalized spacial score (nSPS) is 12.1. The summed E-state index contributed by atoms with van der Waals surface area (Å²) in [6, 6.07) is 19.9. The van der Waals surface area contributed by atoms with E-state index in [1.54, 1.807) is 0 Å². The number of nitrogens with zero attached hydrogens (tertiary/aromatic N) is 1. The highest BCUT2D eigenvalue weighted by Crippen LogP contribution is 2.41. The Kier molecular flexibility index (Phi) is 2.48. The second-order valence-electron chi connectivity index (χ2n) is 5.77. The lowest BCUT2D eigenvalue weighted by Crippen LogP contribution is -1.91. The number of hydrogen-bond donors (Lipinski definition) is 0. The highest BCUT2D eigenvalue weighted by atomic mass is 32.1. The summed E-state index contributed by atoms with van der Waals surface area (Å²) in [6.45, 7) is 0. The highest BCUT2D eigenvalue weighted by Gasteiger charge is 2.14. The summed E-state index contributed by atoms with van der Waals surface area (Å²) < 4.78 is 5.08. The van der Waals surface area contributed by atoms with E-state index in [2.05, 4.69) is 75.5 Å². The first-order chi connectivity index (χ1) is 10.7. The molecular formula is C19H14NPS. The first kappa shape index (κ1) is 12.6. The van der Waals surface area contributed by atoms with E-state index in [0.717, 1.165) is 0 Å². The van der Waals surface area contributed by atoms with Gasteiger partial charge in [-0.05, 0) is 23.5 Å². The zero-order valence-corrected chi connectivity index (χ0v) is 14.1. The van der Waals surface area contributed by atoms with Gasteiger partial charge in [0, 0.05) is 43.5 Å². The molecule has 22 heavy (non-hydrogen) atoms. The van der Waals surface area contributed by atoms with Crippen molar-refractivity contribution in [1.29, 1.82) is 0 Å². The largest absolute Gasteiger partial charge is 0.344 e. The molecule has 0 aliphatic rings. The summed E-state index contributed by atoms with van der Waals surface area (Å²) in [5.74, 6) is 0. The lowest BCUT2D eigenvalue weighted by atomic mass is 10.1. The van der Waals surface area contributed by atoms with Crippen LogP contribution in [0.3, 0.4) is 0 Å². The third-order valence-corrected chi connectivity index (χ3v) is 6.10. The van der Waals surface area contributed by atoms with Crippen LogP contribution in [0.25, 0.3) is 42.0 Å². The van der Waals surface area contributed by atoms with Gasteiger partial charge in [0.1, 0.15) is 0 Å². The molecular weight excluding hydrogens is 305 g/mol. The van der Waals surface area contributed by atoms with Gasteiger partial charge in [-0.3, -0.25) is 0 Å². The van der Waals surface area contributed by atoms with Crippen molar-refractivity contribution in [3.05, 3.63) is 54.6 Å². The Morgan fingerprint density at radius 3 is 2.59 bits per heavy atom. The van der Waals surface area contributed by atoms with E-state index >= 15 is 0 Å². The van der Waals surface area contributed by atoms with Gasteiger partial charge in [0.05, 0.1) is 5.52 Å². The van der Waals surface area contributed by atoms with Crippen LogP contribution in [0.2, 0.25) is 0 Å². The van der Waals surface area contributed by atoms with E-state index in [9.17, 15) is 0 Å². The van der Waals surface area contributed by atoms with E-state index in [1.807, 2.05) is 11.3 Å². The van der Waals surface area contributed by atoms with Crippen molar-refractivity contribution in [1.82, 2.24) is 4.57 Å². The second-order valence-corrected chi connectivity index (χ2v) is 7.49. The predicted octanol–water partition coefficient (Wildman–Crippen LogP) is 5.20. The van der Waals surface area contributed by atoms with Crippen LogP contribution < -0.4 is 5.30 Å². The number of aromatic nitrogens is 1. The number of benzene rings is 3. The smallest absolute Gasteiger partial charge is 0.0503 e. The molecule has 3 aromatic carbocycles. The van der Waals surface area contributed by atoms with E-state index < -0.39 is 0 Å². The molecule has 106 valence electrons. The van der Waals surface area contributed by atoms with Crippen LogP contribution in [0, 0.1) is 0 Å². The van der Waals surface area contributed by atoms with Gasteiger partial charge in [-0.1, -0.05) is 36.4 Å². The van der Waals surface area contributed by atoms with Crippen LogP contribution >= 0.6 is 20.6 Å². The van der Waals surface area contributed by atoms with Gasteiger partial charge in [0.25, 0.3) is 0 Å². The van der Waals surface area contributed by atoms with Crippen molar-refractivity contribution in [3.8, 4) is 0 Å². The highest BCUT2D eigenvalue weighted by molar-refractivity contribution is 7.27. The SMILES string of the molecule is Cn1c2cc(P)ccc2c2c3sc4ccccc4c3ccc21. The fourth-order valence-electron chi connectivity index (χ4n) is 3.49. The fraction of sp³-hybridized carbons (Fsp3) is 0.0526. The number of thiophene rings is 1. The summed E-state index contributed by atoms with van der Waals surface area (Å²) in [5, 5.41) is 6.70. The molecule has 2 heterocycles. The molecule has 1 atom stereocenters. The Labute approximate surface area is 134 Å². The molecule has 0 aliphatic carbocycles. The average molecular weight is 319 g/mol. The van der Waals surface area contributed by atoms with Crippen molar-refractivity contribution in [2.45, 2.75) is 0 Å². The van der Waals surface area contributed by atoms with Crippen LogP contribution in [0.4, 0.5) is 0 Å². The number of aryl methyl sites for hydroxylation is 1. The number of fused-ring (bicyclic) bond motifs is 7. The van der Waals surface area contributed by atoms with E-state index in [-0.39, 0.29) is 0 Å². The topological polar surface area (TPSA) is 4.93 Å². The molecule has 1 nitrogen and oxygen atoms in total. The van der Waals surface area contributed by atoms with Crippen molar-refractivity contribution in [2.75, 3.05) is 0 Å². The molecule has 0 saturated carbocycles. The molecule has 0 radical (unpaired) electrons. The summed E-state index contributed by atoms with van der Waals surface area (Å²) in [4.78, 5) is 0. The molecule has 0 spiro atoms. The van der Waals surface area contributed by atoms with Crippen molar-refractivity contribution in [2.24, 2.45) is 7.05 Å². The summed E-state index contributed by atoms with van der Waals surface area (Å²) >= 11 is 1.90. The molecule has 5 aromatic rings. The van der Waals surface area contributed by atoms with Gasteiger partial charge in [-0.2, -0.15) is 0 Å². The van der Waals surface area contributed by atoms with Gasteiger partial charge in [0.2, 0.25) is 0 Å². The monoisotopic (exact) mass is 319 g/mol. The predicted molar refractivity (Wildman–Crippen MR) is 103 cm³/mol. The second kappa shape index (κ2) is 4.32. The molecule has 0 N–H and O–H groups in total. The first-order valence-electron chi connectivity index (χ1n) is 7.32. The Hall–Kier alpha value is -1.89.